The Morgan fingerprint density at radius 2 is 2.08 bits per heavy atom. The molecule has 0 aliphatic heterocycles. The number of benzene rings is 1. The van der Waals surface area contributed by atoms with Gasteiger partial charge in [-0.2, -0.15) is 0 Å². The van der Waals surface area contributed by atoms with Crippen LogP contribution >= 0.6 is 0 Å². The third kappa shape index (κ3) is 2.72. The van der Waals surface area contributed by atoms with E-state index in [9.17, 15) is 19.1 Å². The summed E-state index contributed by atoms with van der Waals surface area (Å²) >= 11 is 0. The second-order valence-corrected chi connectivity index (χ2v) is 4.89. The van der Waals surface area contributed by atoms with Crippen molar-refractivity contribution >= 4 is 28.6 Å². The van der Waals surface area contributed by atoms with Crippen LogP contribution in [0.5, 0.6) is 0 Å². The van der Waals surface area contributed by atoms with Crippen LogP contribution in [0.1, 0.15) is 10.4 Å². The van der Waals surface area contributed by atoms with E-state index in [1.807, 2.05) is 0 Å². The Labute approximate surface area is 134 Å². The first-order chi connectivity index (χ1) is 11.5. The number of H-pyrrole nitrogens is 1. The van der Waals surface area contributed by atoms with Crippen molar-refractivity contribution in [3.05, 3.63) is 54.8 Å². The van der Waals surface area contributed by atoms with Gasteiger partial charge in [-0.15, -0.1) is 0 Å². The third-order valence-corrected chi connectivity index (χ3v) is 3.34. The van der Waals surface area contributed by atoms with E-state index >= 15 is 0 Å². The van der Waals surface area contributed by atoms with Crippen molar-refractivity contribution in [1.29, 1.82) is 0 Å². The molecule has 3 rings (SSSR count). The lowest BCUT2D eigenvalue weighted by Gasteiger charge is -2.07. The van der Waals surface area contributed by atoms with E-state index in [0.29, 0.717) is 28.0 Å². The molecule has 0 saturated carbocycles. The minimum Gasteiger partial charge on any atom is -0.478 e. The normalized spacial score (nSPS) is 10.5. The second-order valence-electron chi connectivity index (χ2n) is 4.89. The molecule has 120 valence electrons. The number of aromatic nitrogens is 3. The van der Waals surface area contributed by atoms with Gasteiger partial charge in [-0.25, -0.2) is 19.2 Å². The maximum atomic E-state index is 12.8. The molecule has 3 N–H and O–H groups in total. The number of aromatic amines is 1. The number of carbonyl (C=O) groups excluding carboxylic acids is 1. The highest BCUT2D eigenvalue weighted by Gasteiger charge is 2.17. The van der Waals surface area contributed by atoms with E-state index < -0.39 is 17.7 Å². The maximum Gasteiger partial charge on any atom is 0.338 e. The molecule has 0 atom stereocenters. The molecule has 0 aliphatic rings. The van der Waals surface area contributed by atoms with E-state index in [1.165, 1.54) is 12.5 Å². The number of carbonyl (C=O) groups is 2. The monoisotopic (exact) mass is 326 g/mol. The Hall–Kier alpha value is -3.55. The number of nitrogens with one attached hydrogen (secondary N) is 2. The van der Waals surface area contributed by atoms with Gasteiger partial charge < -0.3 is 15.4 Å². The Bertz CT molecular complexity index is 980. The molecule has 24 heavy (non-hydrogen) atoms. The lowest BCUT2D eigenvalue weighted by Crippen LogP contribution is -2.11. The summed E-state index contributed by atoms with van der Waals surface area (Å²) in [6.07, 6.45) is 2.64. The minimum atomic E-state index is -1.12. The number of anilines is 1. The van der Waals surface area contributed by atoms with Crippen LogP contribution < -0.4 is 5.32 Å². The van der Waals surface area contributed by atoms with E-state index in [2.05, 4.69) is 26.8 Å². The molecular weight excluding hydrogens is 315 g/mol. The zero-order chi connectivity index (χ0) is 17.3. The minimum absolute atomic E-state index is 0.0344. The highest BCUT2D eigenvalue weighted by Crippen LogP contribution is 2.29. The Morgan fingerprint density at radius 1 is 1.29 bits per heavy atom. The summed E-state index contributed by atoms with van der Waals surface area (Å²) in [7, 11) is 0. The molecule has 8 heteroatoms. The molecule has 2 aromatic heterocycles. The van der Waals surface area contributed by atoms with Gasteiger partial charge in [-0.1, -0.05) is 18.7 Å². The van der Waals surface area contributed by atoms with Crippen molar-refractivity contribution in [3.63, 3.8) is 0 Å². The van der Waals surface area contributed by atoms with Crippen LogP contribution in [0.3, 0.4) is 0 Å². The molecule has 7 nitrogen and oxygen atoms in total. The fraction of sp³-hybridized carbons (Fsp3) is 0. The average molecular weight is 326 g/mol. The molecule has 0 fully saturated rings. The molecule has 1 amide bonds. The van der Waals surface area contributed by atoms with Crippen LogP contribution in [0.15, 0.2) is 49.2 Å². The maximum absolute atomic E-state index is 12.8. The number of carboxylic acid groups (broad SMARTS) is 1. The van der Waals surface area contributed by atoms with Crippen LogP contribution in [0.4, 0.5) is 10.1 Å². The van der Waals surface area contributed by atoms with Gasteiger partial charge in [0, 0.05) is 17.4 Å². The number of hydrogen-bond donors (Lipinski definition) is 3. The van der Waals surface area contributed by atoms with Crippen molar-refractivity contribution in [2.45, 2.75) is 0 Å². The number of rotatable bonds is 4. The van der Waals surface area contributed by atoms with Gasteiger partial charge in [0.1, 0.15) is 12.0 Å². The van der Waals surface area contributed by atoms with Crippen LogP contribution in [-0.2, 0) is 4.79 Å². The van der Waals surface area contributed by atoms with Gasteiger partial charge in [-0.3, -0.25) is 4.79 Å². The molecule has 0 spiro atoms. The first kappa shape index (κ1) is 15.3. The van der Waals surface area contributed by atoms with Crippen molar-refractivity contribution in [3.8, 4) is 11.3 Å². The zero-order valence-corrected chi connectivity index (χ0v) is 12.2. The molecule has 0 saturated heterocycles. The number of amides is 1. The predicted molar refractivity (Wildman–Crippen MR) is 85.2 cm³/mol. The Kier molecular flexibility index (Phi) is 3.78. The number of fused-ring (bicyclic) bond motifs is 1. The summed E-state index contributed by atoms with van der Waals surface area (Å²) in [4.78, 5) is 33.7. The molecular formula is C16H11FN4O3. The molecule has 0 aliphatic carbocycles. The van der Waals surface area contributed by atoms with E-state index in [1.54, 1.807) is 24.3 Å². The van der Waals surface area contributed by atoms with Crippen LogP contribution in [0.2, 0.25) is 0 Å². The number of hydrogen-bond acceptors (Lipinski definition) is 4. The van der Waals surface area contributed by atoms with Crippen molar-refractivity contribution in [2.75, 3.05) is 5.32 Å². The van der Waals surface area contributed by atoms with Crippen LogP contribution in [0.25, 0.3) is 22.3 Å². The Morgan fingerprint density at radius 3 is 2.79 bits per heavy atom. The van der Waals surface area contributed by atoms with Crippen LogP contribution in [0, 0.1) is 0 Å². The van der Waals surface area contributed by atoms with Gasteiger partial charge in [0.25, 0.3) is 5.91 Å². The van der Waals surface area contributed by atoms with Crippen molar-refractivity contribution in [2.24, 2.45) is 0 Å². The van der Waals surface area contributed by atoms with Gasteiger partial charge in [-0.05, 0) is 12.1 Å². The van der Waals surface area contributed by atoms with Crippen molar-refractivity contribution in [1.82, 2.24) is 15.0 Å². The molecule has 1 aromatic carbocycles. The van der Waals surface area contributed by atoms with E-state index in [4.69, 9.17) is 0 Å². The highest BCUT2D eigenvalue weighted by atomic mass is 19.1. The summed E-state index contributed by atoms with van der Waals surface area (Å²) in [6, 6.07) is 6.45. The largest absolute Gasteiger partial charge is 0.478 e. The summed E-state index contributed by atoms with van der Waals surface area (Å²) in [5, 5.41) is 12.0. The highest BCUT2D eigenvalue weighted by molar-refractivity contribution is 6.08. The standard InChI is InChI=1S/C16H11FN4O3/c1-8(17)15(22)21-10-4-2-3-9(5-10)13-12-11(16(23)24)6-18-14(12)20-7-19-13/h2-7H,1H2,(H,21,22)(H,23,24)(H,18,19,20). The number of halogens is 1. The topological polar surface area (TPSA) is 108 Å². The predicted octanol–water partition coefficient (Wildman–Crippen LogP) is 2.74. The lowest BCUT2D eigenvalue weighted by molar-refractivity contribution is -0.114. The molecule has 0 unspecified atom stereocenters. The molecule has 0 radical (unpaired) electrons. The summed E-state index contributed by atoms with van der Waals surface area (Å²) < 4.78 is 12.8. The average Bonchev–Trinajstić information content (AvgIpc) is 2.99. The Balaban J connectivity index is 2.11. The second kappa shape index (κ2) is 5.92. The first-order valence-electron chi connectivity index (χ1n) is 6.79. The SMILES string of the molecule is C=C(F)C(=O)Nc1cccc(-c2ncnc3[nH]cc(C(=O)O)c23)c1. The summed E-state index contributed by atoms with van der Waals surface area (Å²) in [5.74, 6) is -3.17. The van der Waals surface area contributed by atoms with Gasteiger partial charge in [0.15, 0.2) is 5.83 Å². The van der Waals surface area contributed by atoms with Crippen molar-refractivity contribution < 1.29 is 19.1 Å². The van der Waals surface area contributed by atoms with Gasteiger partial charge in [0.2, 0.25) is 0 Å². The van der Waals surface area contributed by atoms with E-state index in [-0.39, 0.29) is 5.56 Å². The molecule has 2 heterocycles. The fourth-order valence-electron chi connectivity index (χ4n) is 2.29. The lowest BCUT2D eigenvalue weighted by atomic mass is 10.1. The zero-order valence-electron chi connectivity index (χ0n) is 12.2. The third-order valence-electron chi connectivity index (χ3n) is 3.34. The quantitative estimate of drug-likeness (QED) is 0.639. The molecule has 3 aromatic rings. The summed E-state index contributed by atoms with van der Waals surface area (Å²) in [5.41, 5.74) is 1.67. The van der Waals surface area contributed by atoms with Gasteiger partial charge in [0.05, 0.1) is 16.6 Å². The van der Waals surface area contributed by atoms with Crippen LogP contribution in [-0.4, -0.2) is 31.9 Å². The number of nitrogens with zero attached hydrogens (tertiary/aromatic N) is 2. The number of aromatic carboxylic acids is 1. The smallest absolute Gasteiger partial charge is 0.338 e. The van der Waals surface area contributed by atoms with Gasteiger partial charge >= 0.3 is 5.97 Å². The van der Waals surface area contributed by atoms with E-state index in [0.717, 1.165) is 0 Å². The first-order valence-corrected chi connectivity index (χ1v) is 6.79. The fourth-order valence-corrected chi connectivity index (χ4v) is 2.29. The molecule has 0 bridgehead atoms. The summed E-state index contributed by atoms with van der Waals surface area (Å²) in [6.45, 7) is 2.93. The number of carboxylic acids is 1.